The average molecular weight is 372 g/mol. The number of aromatic nitrogens is 2. The number of carbonyl (C=O) groups excluding carboxylic acids is 1. The number of ether oxygens (including phenoxy) is 1. The Morgan fingerprint density at radius 1 is 1.00 bits per heavy atom. The highest BCUT2D eigenvalue weighted by molar-refractivity contribution is 6.00. The maximum atomic E-state index is 12.3. The van der Waals surface area contributed by atoms with Gasteiger partial charge in [0.1, 0.15) is 11.4 Å². The Morgan fingerprint density at radius 2 is 1.79 bits per heavy atom. The van der Waals surface area contributed by atoms with Gasteiger partial charge in [-0.2, -0.15) is 0 Å². The van der Waals surface area contributed by atoms with E-state index in [-0.39, 0.29) is 6.03 Å². The van der Waals surface area contributed by atoms with E-state index in [0.717, 1.165) is 28.2 Å². The number of aryl methyl sites for hydroxylation is 1. The molecule has 0 unspecified atom stereocenters. The number of imidazole rings is 1. The summed E-state index contributed by atoms with van der Waals surface area (Å²) >= 11 is 0. The van der Waals surface area contributed by atoms with Crippen LogP contribution in [0.5, 0.6) is 5.75 Å². The maximum Gasteiger partial charge on any atom is 0.323 e. The number of nitrogens with one attached hydrogen (secondary N) is 2. The molecule has 0 bridgehead atoms. The number of urea groups is 1. The highest BCUT2D eigenvalue weighted by Crippen LogP contribution is 2.24. The van der Waals surface area contributed by atoms with Crippen LogP contribution < -0.4 is 15.4 Å². The standard InChI is InChI=1S/C22H20N4O2/c1-15-5-4-12-26-14-20(25-21(15)26)16-6-3-7-18(13-16)24-22(27)23-17-8-10-19(28-2)11-9-17/h3-14H,1-2H3,(H2,23,24,27). The fraction of sp³-hybridized carbons (Fsp3) is 0.0909. The number of nitrogens with zero attached hydrogens (tertiary/aromatic N) is 2. The van der Waals surface area contributed by atoms with Crippen molar-refractivity contribution in [2.45, 2.75) is 6.92 Å². The third kappa shape index (κ3) is 3.66. The minimum atomic E-state index is -0.312. The molecule has 0 spiro atoms. The number of amides is 2. The summed E-state index contributed by atoms with van der Waals surface area (Å²) in [6.07, 6.45) is 3.96. The van der Waals surface area contributed by atoms with Gasteiger partial charge >= 0.3 is 6.03 Å². The van der Waals surface area contributed by atoms with Crippen LogP contribution in [0.15, 0.2) is 73.1 Å². The lowest BCUT2D eigenvalue weighted by Crippen LogP contribution is -2.19. The van der Waals surface area contributed by atoms with Crippen LogP contribution in [0.4, 0.5) is 16.2 Å². The molecular formula is C22H20N4O2. The van der Waals surface area contributed by atoms with E-state index in [0.29, 0.717) is 11.4 Å². The van der Waals surface area contributed by atoms with E-state index in [9.17, 15) is 4.79 Å². The van der Waals surface area contributed by atoms with Gasteiger partial charge in [-0.05, 0) is 55.0 Å². The topological polar surface area (TPSA) is 67.7 Å². The lowest BCUT2D eigenvalue weighted by molar-refractivity contribution is 0.262. The van der Waals surface area contributed by atoms with Gasteiger partial charge in [0.25, 0.3) is 0 Å². The first-order chi connectivity index (χ1) is 13.6. The van der Waals surface area contributed by atoms with Gasteiger partial charge in [-0.25, -0.2) is 9.78 Å². The van der Waals surface area contributed by atoms with Gasteiger partial charge in [0, 0.05) is 29.3 Å². The molecule has 2 aromatic carbocycles. The van der Waals surface area contributed by atoms with Crippen LogP contribution in [-0.4, -0.2) is 22.5 Å². The smallest absolute Gasteiger partial charge is 0.323 e. The van der Waals surface area contributed by atoms with Gasteiger partial charge in [-0.3, -0.25) is 0 Å². The Labute approximate surface area is 162 Å². The van der Waals surface area contributed by atoms with Crippen molar-refractivity contribution >= 4 is 23.1 Å². The predicted octanol–water partition coefficient (Wildman–Crippen LogP) is 4.96. The zero-order chi connectivity index (χ0) is 19.5. The van der Waals surface area contributed by atoms with Gasteiger partial charge in [0.2, 0.25) is 0 Å². The molecule has 0 saturated heterocycles. The Bertz CT molecular complexity index is 1130. The molecule has 2 amide bonds. The fourth-order valence-electron chi connectivity index (χ4n) is 3.02. The van der Waals surface area contributed by atoms with E-state index in [4.69, 9.17) is 9.72 Å². The molecule has 4 rings (SSSR count). The second-order valence-electron chi connectivity index (χ2n) is 6.44. The van der Waals surface area contributed by atoms with Gasteiger partial charge < -0.3 is 19.8 Å². The number of hydrogen-bond acceptors (Lipinski definition) is 3. The number of rotatable bonds is 4. The lowest BCUT2D eigenvalue weighted by atomic mass is 10.1. The molecule has 0 fully saturated rings. The van der Waals surface area contributed by atoms with Crippen molar-refractivity contribution in [3.8, 4) is 17.0 Å². The van der Waals surface area contributed by atoms with E-state index >= 15 is 0 Å². The molecule has 0 aliphatic heterocycles. The molecule has 2 aromatic heterocycles. The van der Waals surface area contributed by atoms with Gasteiger partial charge in [0.05, 0.1) is 12.8 Å². The lowest BCUT2D eigenvalue weighted by Gasteiger charge is -2.09. The van der Waals surface area contributed by atoms with E-state index in [1.807, 2.05) is 60.1 Å². The fourth-order valence-corrected chi connectivity index (χ4v) is 3.02. The molecule has 2 heterocycles. The van der Waals surface area contributed by atoms with E-state index in [1.165, 1.54) is 0 Å². The summed E-state index contributed by atoms with van der Waals surface area (Å²) in [6.45, 7) is 2.04. The second kappa shape index (κ2) is 7.44. The number of methoxy groups -OCH3 is 1. The highest BCUT2D eigenvalue weighted by Gasteiger charge is 2.08. The Morgan fingerprint density at radius 3 is 2.54 bits per heavy atom. The molecule has 0 radical (unpaired) electrons. The molecule has 0 atom stereocenters. The van der Waals surface area contributed by atoms with Crippen molar-refractivity contribution < 1.29 is 9.53 Å². The summed E-state index contributed by atoms with van der Waals surface area (Å²) in [7, 11) is 1.60. The normalized spacial score (nSPS) is 10.6. The molecule has 2 N–H and O–H groups in total. The molecule has 0 saturated carbocycles. The highest BCUT2D eigenvalue weighted by atomic mass is 16.5. The first kappa shape index (κ1) is 17.6. The quantitative estimate of drug-likeness (QED) is 0.532. The van der Waals surface area contributed by atoms with Crippen molar-refractivity contribution in [2.75, 3.05) is 17.7 Å². The van der Waals surface area contributed by atoms with Crippen LogP contribution in [-0.2, 0) is 0 Å². The SMILES string of the molecule is COc1ccc(NC(=O)Nc2cccc(-c3cn4cccc(C)c4n3)c2)cc1. The van der Waals surface area contributed by atoms with Crippen LogP contribution in [0.2, 0.25) is 0 Å². The number of benzene rings is 2. The minimum absolute atomic E-state index is 0.312. The summed E-state index contributed by atoms with van der Waals surface area (Å²) in [4.78, 5) is 17.0. The molecule has 4 aromatic rings. The van der Waals surface area contributed by atoms with Crippen molar-refractivity contribution in [3.05, 3.63) is 78.6 Å². The number of fused-ring (bicyclic) bond motifs is 1. The van der Waals surface area contributed by atoms with Gasteiger partial charge in [-0.1, -0.05) is 18.2 Å². The van der Waals surface area contributed by atoms with Crippen LogP contribution in [0.3, 0.4) is 0 Å². The summed E-state index contributed by atoms with van der Waals surface area (Å²) < 4.78 is 7.12. The van der Waals surface area contributed by atoms with Crippen LogP contribution in [0, 0.1) is 6.92 Å². The van der Waals surface area contributed by atoms with E-state index in [2.05, 4.69) is 10.6 Å². The number of carbonyl (C=O) groups is 1. The Balaban J connectivity index is 1.51. The molecule has 6 heteroatoms. The summed E-state index contributed by atoms with van der Waals surface area (Å²) in [5, 5.41) is 5.66. The third-order valence-electron chi connectivity index (χ3n) is 4.44. The second-order valence-corrected chi connectivity index (χ2v) is 6.44. The Kier molecular flexibility index (Phi) is 4.68. The number of anilines is 2. The maximum absolute atomic E-state index is 12.3. The predicted molar refractivity (Wildman–Crippen MR) is 111 cm³/mol. The summed E-state index contributed by atoms with van der Waals surface area (Å²) in [5.74, 6) is 0.737. The minimum Gasteiger partial charge on any atom is -0.497 e. The van der Waals surface area contributed by atoms with E-state index in [1.54, 1.807) is 31.4 Å². The van der Waals surface area contributed by atoms with Crippen molar-refractivity contribution in [1.29, 1.82) is 0 Å². The molecule has 0 aliphatic carbocycles. The van der Waals surface area contributed by atoms with Crippen molar-refractivity contribution in [1.82, 2.24) is 9.38 Å². The average Bonchev–Trinajstić information content (AvgIpc) is 3.15. The van der Waals surface area contributed by atoms with Crippen LogP contribution >= 0.6 is 0 Å². The third-order valence-corrected chi connectivity index (χ3v) is 4.44. The van der Waals surface area contributed by atoms with Crippen LogP contribution in [0.1, 0.15) is 5.56 Å². The summed E-state index contributed by atoms with van der Waals surface area (Å²) in [6, 6.07) is 18.5. The van der Waals surface area contributed by atoms with Gasteiger partial charge in [0.15, 0.2) is 0 Å². The Hall–Kier alpha value is -3.80. The molecule has 0 aliphatic rings. The molecular weight excluding hydrogens is 352 g/mol. The molecule has 140 valence electrons. The first-order valence-corrected chi connectivity index (χ1v) is 8.89. The van der Waals surface area contributed by atoms with E-state index < -0.39 is 0 Å². The largest absolute Gasteiger partial charge is 0.497 e. The number of pyridine rings is 1. The monoisotopic (exact) mass is 372 g/mol. The van der Waals surface area contributed by atoms with Crippen molar-refractivity contribution in [2.24, 2.45) is 0 Å². The van der Waals surface area contributed by atoms with Crippen LogP contribution in [0.25, 0.3) is 16.9 Å². The first-order valence-electron chi connectivity index (χ1n) is 8.89. The zero-order valence-electron chi connectivity index (χ0n) is 15.6. The van der Waals surface area contributed by atoms with Crippen molar-refractivity contribution in [3.63, 3.8) is 0 Å². The molecule has 28 heavy (non-hydrogen) atoms. The zero-order valence-corrected chi connectivity index (χ0v) is 15.6. The summed E-state index contributed by atoms with van der Waals surface area (Å²) in [5.41, 5.74) is 5.21. The van der Waals surface area contributed by atoms with Gasteiger partial charge in [-0.15, -0.1) is 0 Å². The molecule has 6 nitrogen and oxygen atoms in total. The number of hydrogen-bond donors (Lipinski definition) is 2.